The van der Waals surface area contributed by atoms with Crippen molar-refractivity contribution in [3.8, 4) is 23.0 Å². The molecule has 2 aromatic carbocycles. The molecule has 0 aliphatic rings. The summed E-state index contributed by atoms with van der Waals surface area (Å²) >= 11 is 0. The van der Waals surface area contributed by atoms with Gasteiger partial charge in [0.25, 0.3) is 0 Å². The van der Waals surface area contributed by atoms with Gasteiger partial charge in [0, 0.05) is 36.2 Å². The van der Waals surface area contributed by atoms with Crippen LogP contribution < -0.4 is 29.6 Å². The van der Waals surface area contributed by atoms with E-state index in [0.29, 0.717) is 39.9 Å². The minimum atomic E-state index is -0.504. The maximum Gasteiger partial charge on any atom is 0.331 e. The molecule has 0 saturated heterocycles. The van der Waals surface area contributed by atoms with Gasteiger partial charge in [0.15, 0.2) is 0 Å². The van der Waals surface area contributed by atoms with Gasteiger partial charge in [-0.15, -0.1) is 0 Å². The molecule has 9 heteroatoms. The Morgan fingerprint density at radius 1 is 0.812 bits per heavy atom. The lowest BCUT2D eigenvalue weighted by Gasteiger charge is -2.13. The van der Waals surface area contributed by atoms with Crippen molar-refractivity contribution in [2.75, 3.05) is 46.2 Å². The Balaban J connectivity index is 2.19. The van der Waals surface area contributed by atoms with E-state index in [1.807, 2.05) is 0 Å². The predicted octanol–water partition coefficient (Wildman–Crippen LogP) is 3.47. The first-order chi connectivity index (χ1) is 15.4. The van der Waals surface area contributed by atoms with Gasteiger partial charge in [-0.25, -0.2) is 4.79 Å². The molecular weight excluding hydrogens is 416 g/mol. The number of anilines is 2. The lowest BCUT2D eigenvalue weighted by molar-refractivity contribution is -0.134. The fraction of sp³-hybridized carbons (Fsp3) is 0.217. The van der Waals surface area contributed by atoms with Gasteiger partial charge < -0.3 is 34.3 Å². The largest absolute Gasteiger partial charge is 0.496 e. The van der Waals surface area contributed by atoms with E-state index in [4.69, 9.17) is 18.9 Å². The van der Waals surface area contributed by atoms with E-state index >= 15 is 0 Å². The van der Waals surface area contributed by atoms with Crippen molar-refractivity contribution in [1.82, 2.24) is 0 Å². The first-order valence-corrected chi connectivity index (χ1v) is 9.43. The molecule has 0 fully saturated rings. The molecule has 9 nitrogen and oxygen atoms in total. The number of hydrogen-bond acceptors (Lipinski definition) is 8. The van der Waals surface area contributed by atoms with E-state index in [2.05, 4.69) is 15.4 Å². The second kappa shape index (κ2) is 11.9. The Kier molecular flexibility index (Phi) is 8.97. The maximum atomic E-state index is 12.5. The fourth-order valence-electron chi connectivity index (χ4n) is 2.71. The average molecular weight is 442 g/mol. The highest BCUT2D eigenvalue weighted by Crippen LogP contribution is 2.35. The monoisotopic (exact) mass is 442 g/mol. The molecule has 2 rings (SSSR count). The third-order valence-corrected chi connectivity index (χ3v) is 4.28. The number of hydrogen-bond donors (Lipinski definition) is 2. The normalized spacial score (nSPS) is 10.7. The Morgan fingerprint density at radius 3 is 2.03 bits per heavy atom. The molecule has 32 heavy (non-hydrogen) atoms. The number of nitrogens with one attached hydrogen (secondary N) is 2. The standard InChI is InChI=1S/C23H26N2O7/c1-28-16-13-20(30-3)17(21(14-16)31-4)7-9-22(26)25-15-6-8-19(29-2)18(12-15)24-11-10-23(27)32-5/h6-14,24H,1-5H3,(H,25,26)/b9-7+,11-10-. The van der Waals surface area contributed by atoms with Crippen LogP contribution in [0.1, 0.15) is 5.56 Å². The summed E-state index contributed by atoms with van der Waals surface area (Å²) < 4.78 is 25.8. The summed E-state index contributed by atoms with van der Waals surface area (Å²) in [5.41, 5.74) is 1.66. The van der Waals surface area contributed by atoms with Gasteiger partial charge in [-0.2, -0.15) is 0 Å². The third kappa shape index (κ3) is 6.43. The van der Waals surface area contributed by atoms with Crippen molar-refractivity contribution in [2.45, 2.75) is 0 Å². The van der Waals surface area contributed by atoms with Crippen LogP contribution in [0.15, 0.2) is 48.7 Å². The average Bonchev–Trinajstić information content (AvgIpc) is 2.82. The first kappa shape index (κ1) is 24.1. The summed E-state index contributed by atoms with van der Waals surface area (Å²) in [5, 5.41) is 5.69. The summed E-state index contributed by atoms with van der Waals surface area (Å²) in [6.07, 6.45) is 5.59. The van der Waals surface area contributed by atoms with E-state index in [9.17, 15) is 9.59 Å². The Morgan fingerprint density at radius 2 is 1.47 bits per heavy atom. The van der Waals surface area contributed by atoms with E-state index in [-0.39, 0.29) is 5.91 Å². The Hall–Kier alpha value is -4.14. The van der Waals surface area contributed by atoms with Gasteiger partial charge in [-0.3, -0.25) is 4.79 Å². The quantitative estimate of drug-likeness (QED) is 0.426. The van der Waals surface area contributed by atoms with E-state index in [1.165, 1.54) is 46.8 Å². The number of carbonyl (C=O) groups is 2. The van der Waals surface area contributed by atoms with Crippen LogP contribution in [0.3, 0.4) is 0 Å². The molecule has 2 N–H and O–H groups in total. The Labute approximate surface area is 186 Å². The molecule has 0 heterocycles. The van der Waals surface area contributed by atoms with Gasteiger partial charge >= 0.3 is 5.97 Å². The van der Waals surface area contributed by atoms with Crippen molar-refractivity contribution in [2.24, 2.45) is 0 Å². The molecule has 0 saturated carbocycles. The number of rotatable bonds is 10. The molecule has 0 atom stereocenters. The van der Waals surface area contributed by atoms with E-state index in [0.717, 1.165) is 0 Å². The number of ether oxygens (including phenoxy) is 5. The van der Waals surface area contributed by atoms with E-state index < -0.39 is 5.97 Å². The first-order valence-electron chi connectivity index (χ1n) is 9.43. The third-order valence-electron chi connectivity index (χ3n) is 4.28. The van der Waals surface area contributed by atoms with Crippen molar-refractivity contribution >= 4 is 29.3 Å². The maximum absolute atomic E-state index is 12.5. The van der Waals surface area contributed by atoms with Crippen molar-refractivity contribution in [3.63, 3.8) is 0 Å². The minimum absolute atomic E-state index is 0.369. The van der Waals surface area contributed by atoms with Gasteiger partial charge in [-0.1, -0.05) is 0 Å². The second-order valence-corrected chi connectivity index (χ2v) is 6.18. The lowest BCUT2D eigenvalue weighted by atomic mass is 10.1. The SMILES string of the molecule is COC(=O)/C=C\Nc1cc(NC(=O)/C=C/c2c(OC)cc(OC)cc2OC)ccc1OC. The van der Waals surface area contributed by atoms with Crippen LogP contribution in [0.5, 0.6) is 23.0 Å². The van der Waals surface area contributed by atoms with Crippen LogP contribution >= 0.6 is 0 Å². The van der Waals surface area contributed by atoms with Gasteiger partial charge in [0.2, 0.25) is 5.91 Å². The highest BCUT2D eigenvalue weighted by molar-refractivity contribution is 6.02. The molecule has 2 aromatic rings. The zero-order valence-electron chi connectivity index (χ0n) is 18.6. The lowest BCUT2D eigenvalue weighted by Crippen LogP contribution is -2.08. The van der Waals surface area contributed by atoms with Crippen LogP contribution in [0.2, 0.25) is 0 Å². The molecular formula is C23H26N2O7. The summed E-state index contributed by atoms with van der Waals surface area (Å²) in [6.45, 7) is 0. The minimum Gasteiger partial charge on any atom is -0.496 e. The number of esters is 1. The second-order valence-electron chi connectivity index (χ2n) is 6.18. The summed E-state index contributed by atoms with van der Waals surface area (Å²) in [5.74, 6) is 1.22. The molecule has 0 aromatic heterocycles. The van der Waals surface area contributed by atoms with Crippen LogP contribution in [-0.4, -0.2) is 47.4 Å². The molecule has 0 radical (unpaired) electrons. The smallest absolute Gasteiger partial charge is 0.331 e. The summed E-state index contributed by atoms with van der Waals surface area (Å²) in [6, 6.07) is 8.44. The van der Waals surface area contributed by atoms with Crippen molar-refractivity contribution < 1.29 is 33.3 Å². The number of methoxy groups -OCH3 is 5. The summed E-state index contributed by atoms with van der Waals surface area (Å²) in [4.78, 5) is 23.7. The molecule has 0 bridgehead atoms. The highest BCUT2D eigenvalue weighted by atomic mass is 16.5. The molecule has 0 spiro atoms. The van der Waals surface area contributed by atoms with Crippen molar-refractivity contribution in [3.05, 3.63) is 54.2 Å². The topological polar surface area (TPSA) is 104 Å². The zero-order chi connectivity index (χ0) is 23.5. The van der Waals surface area contributed by atoms with Crippen LogP contribution in [0, 0.1) is 0 Å². The molecule has 0 aliphatic heterocycles. The van der Waals surface area contributed by atoms with Crippen LogP contribution in [0.25, 0.3) is 6.08 Å². The van der Waals surface area contributed by atoms with Gasteiger partial charge in [0.1, 0.15) is 23.0 Å². The predicted molar refractivity (Wildman–Crippen MR) is 122 cm³/mol. The Bertz CT molecular complexity index is 990. The van der Waals surface area contributed by atoms with Gasteiger partial charge in [-0.05, 0) is 24.3 Å². The highest BCUT2D eigenvalue weighted by Gasteiger charge is 2.12. The fourth-order valence-corrected chi connectivity index (χ4v) is 2.71. The number of benzene rings is 2. The van der Waals surface area contributed by atoms with Crippen molar-refractivity contribution in [1.29, 1.82) is 0 Å². The number of carbonyl (C=O) groups excluding carboxylic acids is 2. The molecule has 0 aliphatic carbocycles. The molecule has 0 unspecified atom stereocenters. The molecule has 170 valence electrons. The number of amides is 1. The van der Waals surface area contributed by atoms with E-state index in [1.54, 1.807) is 43.5 Å². The summed E-state index contributed by atoms with van der Waals surface area (Å²) in [7, 11) is 7.38. The van der Waals surface area contributed by atoms with Crippen LogP contribution in [-0.2, 0) is 14.3 Å². The van der Waals surface area contributed by atoms with Crippen LogP contribution in [0.4, 0.5) is 11.4 Å². The molecule has 1 amide bonds. The van der Waals surface area contributed by atoms with Gasteiger partial charge in [0.05, 0.1) is 46.8 Å². The zero-order valence-corrected chi connectivity index (χ0v) is 18.6.